The Morgan fingerprint density at radius 2 is 2.00 bits per heavy atom. The average Bonchev–Trinajstić information content (AvgIpc) is 2.46. The highest BCUT2D eigenvalue weighted by atomic mass is 32.2. The number of esters is 1. The van der Waals surface area contributed by atoms with Crippen LogP contribution >= 0.6 is 0 Å². The Kier molecular flexibility index (Phi) is 4.26. The summed E-state index contributed by atoms with van der Waals surface area (Å²) in [6.45, 7) is 2.17. The molecular formula is C12H16N2O5S. The molecule has 7 nitrogen and oxygen atoms in total. The van der Waals surface area contributed by atoms with E-state index >= 15 is 0 Å². The summed E-state index contributed by atoms with van der Waals surface area (Å²) in [7, 11) is -2.71. The van der Waals surface area contributed by atoms with E-state index in [0.717, 1.165) is 0 Å². The van der Waals surface area contributed by atoms with Gasteiger partial charge in [-0.05, 0) is 18.2 Å². The number of ether oxygens (including phenoxy) is 2. The molecule has 20 heavy (non-hydrogen) atoms. The largest absolute Gasteiger partial charge is 0.465 e. The fraction of sp³-hybridized carbons (Fsp3) is 0.417. The number of benzene rings is 1. The molecule has 1 aliphatic rings. The fourth-order valence-corrected chi connectivity index (χ4v) is 2.83. The predicted molar refractivity (Wildman–Crippen MR) is 72.2 cm³/mol. The van der Waals surface area contributed by atoms with Crippen molar-refractivity contribution in [3.63, 3.8) is 0 Å². The van der Waals surface area contributed by atoms with Gasteiger partial charge in [0.15, 0.2) is 0 Å². The SMILES string of the molecule is COC(=O)c1ccc(N2CCOCC2)c(S(N)(=O)=O)c1. The van der Waals surface area contributed by atoms with E-state index in [2.05, 4.69) is 4.74 Å². The van der Waals surface area contributed by atoms with Crippen molar-refractivity contribution in [1.29, 1.82) is 0 Å². The van der Waals surface area contributed by atoms with Crippen molar-refractivity contribution in [3.8, 4) is 0 Å². The summed E-state index contributed by atoms with van der Waals surface area (Å²) in [5.41, 5.74) is 0.622. The summed E-state index contributed by atoms with van der Waals surface area (Å²) in [5.74, 6) is -0.608. The summed E-state index contributed by atoms with van der Waals surface area (Å²) < 4.78 is 33.3. The summed E-state index contributed by atoms with van der Waals surface area (Å²) in [6, 6.07) is 4.33. The highest BCUT2D eigenvalue weighted by Crippen LogP contribution is 2.26. The number of nitrogens with zero attached hydrogens (tertiary/aromatic N) is 1. The summed E-state index contributed by atoms with van der Waals surface area (Å²) >= 11 is 0. The second-order valence-corrected chi connectivity index (χ2v) is 5.85. The molecule has 1 fully saturated rings. The lowest BCUT2D eigenvalue weighted by molar-refractivity contribution is 0.0600. The zero-order valence-electron chi connectivity index (χ0n) is 11.0. The van der Waals surface area contributed by atoms with Crippen LogP contribution in [0.2, 0.25) is 0 Å². The fourth-order valence-electron chi connectivity index (χ4n) is 2.05. The summed E-state index contributed by atoms with van der Waals surface area (Å²) in [5, 5.41) is 5.24. The number of carbonyl (C=O) groups is 1. The smallest absolute Gasteiger partial charge is 0.337 e. The number of hydrogen-bond acceptors (Lipinski definition) is 6. The van der Waals surface area contributed by atoms with Gasteiger partial charge in [0.1, 0.15) is 4.90 Å². The molecule has 1 aliphatic heterocycles. The Balaban J connectivity index is 2.48. The first-order valence-electron chi connectivity index (χ1n) is 6.01. The predicted octanol–water partition coefficient (Wildman–Crippen LogP) is -0.0428. The molecule has 110 valence electrons. The minimum Gasteiger partial charge on any atom is -0.465 e. The molecule has 0 atom stereocenters. The number of methoxy groups -OCH3 is 1. The highest BCUT2D eigenvalue weighted by Gasteiger charge is 2.22. The topological polar surface area (TPSA) is 98.9 Å². The molecule has 0 aliphatic carbocycles. The van der Waals surface area contributed by atoms with Gasteiger partial charge < -0.3 is 14.4 Å². The van der Waals surface area contributed by atoms with Gasteiger partial charge in [0.05, 0.1) is 31.6 Å². The molecule has 2 rings (SSSR count). The van der Waals surface area contributed by atoms with Crippen LogP contribution < -0.4 is 10.0 Å². The Hall–Kier alpha value is -1.64. The molecule has 0 bridgehead atoms. The third-order valence-corrected chi connectivity index (χ3v) is 3.98. The second-order valence-electron chi connectivity index (χ2n) is 4.32. The number of carbonyl (C=O) groups excluding carboxylic acids is 1. The van der Waals surface area contributed by atoms with Gasteiger partial charge in [-0.15, -0.1) is 0 Å². The molecule has 0 saturated carbocycles. The molecule has 2 N–H and O–H groups in total. The Morgan fingerprint density at radius 1 is 1.35 bits per heavy atom. The maximum Gasteiger partial charge on any atom is 0.337 e. The van der Waals surface area contributed by atoms with Crippen molar-refractivity contribution < 1.29 is 22.7 Å². The van der Waals surface area contributed by atoms with E-state index < -0.39 is 16.0 Å². The normalized spacial score (nSPS) is 16.0. The van der Waals surface area contributed by atoms with Crippen molar-refractivity contribution in [3.05, 3.63) is 23.8 Å². The van der Waals surface area contributed by atoms with Gasteiger partial charge in [-0.25, -0.2) is 18.4 Å². The third-order valence-electron chi connectivity index (χ3n) is 3.04. The third kappa shape index (κ3) is 3.09. The van der Waals surface area contributed by atoms with Gasteiger partial charge >= 0.3 is 5.97 Å². The van der Waals surface area contributed by atoms with Crippen LogP contribution in [0.1, 0.15) is 10.4 Å². The molecule has 0 amide bonds. The zero-order valence-corrected chi connectivity index (χ0v) is 11.9. The summed E-state index contributed by atoms with van der Waals surface area (Å²) in [4.78, 5) is 13.3. The van der Waals surface area contributed by atoms with Gasteiger partial charge in [0.2, 0.25) is 10.0 Å². The average molecular weight is 300 g/mol. The van der Waals surface area contributed by atoms with Crippen molar-refractivity contribution in [2.45, 2.75) is 4.90 Å². The summed E-state index contributed by atoms with van der Waals surface area (Å²) in [6.07, 6.45) is 0. The highest BCUT2D eigenvalue weighted by molar-refractivity contribution is 7.89. The second kappa shape index (κ2) is 5.78. The molecule has 0 radical (unpaired) electrons. The first-order chi connectivity index (χ1) is 9.43. The van der Waals surface area contributed by atoms with Crippen LogP contribution in [0.3, 0.4) is 0 Å². The molecule has 0 unspecified atom stereocenters. The lowest BCUT2D eigenvalue weighted by Crippen LogP contribution is -2.37. The molecule has 0 spiro atoms. The van der Waals surface area contributed by atoms with Crippen LogP contribution in [0, 0.1) is 0 Å². The molecule has 0 aromatic heterocycles. The van der Waals surface area contributed by atoms with E-state index in [-0.39, 0.29) is 10.5 Å². The van der Waals surface area contributed by atoms with Crippen LogP contribution in [0.25, 0.3) is 0 Å². The van der Waals surface area contributed by atoms with E-state index in [1.54, 1.807) is 6.07 Å². The standard InChI is InChI=1S/C12H16N2O5S/c1-18-12(15)9-2-3-10(11(8-9)20(13,16)17)14-4-6-19-7-5-14/h2-3,8H,4-7H2,1H3,(H2,13,16,17). The Morgan fingerprint density at radius 3 is 2.55 bits per heavy atom. The van der Waals surface area contributed by atoms with Gasteiger partial charge in [0.25, 0.3) is 0 Å². The zero-order chi connectivity index (χ0) is 14.8. The lowest BCUT2D eigenvalue weighted by Gasteiger charge is -2.30. The van der Waals surface area contributed by atoms with Gasteiger partial charge in [-0.1, -0.05) is 0 Å². The number of sulfonamides is 1. The minimum absolute atomic E-state index is 0.0812. The number of primary sulfonamides is 1. The van der Waals surface area contributed by atoms with Crippen molar-refractivity contribution >= 4 is 21.7 Å². The lowest BCUT2D eigenvalue weighted by atomic mass is 10.2. The van der Waals surface area contributed by atoms with Crippen LogP contribution in [0.15, 0.2) is 23.1 Å². The van der Waals surface area contributed by atoms with Crippen molar-refractivity contribution in [2.75, 3.05) is 38.3 Å². The molecule has 1 aromatic rings. The number of hydrogen-bond donors (Lipinski definition) is 1. The van der Waals surface area contributed by atoms with Crippen LogP contribution in [0.5, 0.6) is 0 Å². The van der Waals surface area contributed by atoms with E-state index in [9.17, 15) is 13.2 Å². The molecule has 1 aromatic carbocycles. The van der Waals surface area contributed by atoms with E-state index in [1.807, 2.05) is 4.90 Å². The number of rotatable bonds is 3. The minimum atomic E-state index is -3.94. The van der Waals surface area contributed by atoms with Crippen LogP contribution in [-0.2, 0) is 19.5 Å². The first-order valence-corrected chi connectivity index (χ1v) is 7.56. The molecule has 1 heterocycles. The maximum atomic E-state index is 11.7. The van der Waals surface area contributed by atoms with E-state index in [4.69, 9.17) is 9.88 Å². The number of anilines is 1. The maximum absolute atomic E-state index is 11.7. The molecule has 8 heteroatoms. The van der Waals surface area contributed by atoms with E-state index in [0.29, 0.717) is 32.0 Å². The van der Waals surface area contributed by atoms with Crippen LogP contribution in [-0.4, -0.2) is 47.8 Å². The Bertz CT molecular complexity index is 608. The van der Waals surface area contributed by atoms with Crippen molar-refractivity contribution in [1.82, 2.24) is 0 Å². The van der Waals surface area contributed by atoms with Gasteiger partial charge in [-0.3, -0.25) is 0 Å². The quantitative estimate of drug-likeness (QED) is 0.786. The molecule has 1 saturated heterocycles. The number of nitrogens with two attached hydrogens (primary N) is 1. The number of morpholine rings is 1. The molecular weight excluding hydrogens is 284 g/mol. The Labute approximate surface area is 117 Å². The van der Waals surface area contributed by atoms with Gasteiger partial charge in [0, 0.05) is 13.1 Å². The first kappa shape index (κ1) is 14.8. The van der Waals surface area contributed by atoms with Crippen molar-refractivity contribution in [2.24, 2.45) is 5.14 Å². The van der Waals surface area contributed by atoms with Crippen LogP contribution in [0.4, 0.5) is 5.69 Å². The van der Waals surface area contributed by atoms with Gasteiger partial charge in [-0.2, -0.15) is 0 Å². The van der Waals surface area contributed by atoms with E-state index in [1.165, 1.54) is 19.2 Å². The monoisotopic (exact) mass is 300 g/mol.